The van der Waals surface area contributed by atoms with Crippen molar-refractivity contribution < 1.29 is 14.3 Å². The molecule has 53 valence electrons. The lowest BCUT2D eigenvalue weighted by molar-refractivity contribution is -0.162. The lowest BCUT2D eigenvalue weighted by atomic mass is 9.63. The Morgan fingerprint density at radius 2 is 1.90 bits per heavy atom. The number of carbonyl (C=O) groups excluding carboxylic acids is 2. The van der Waals surface area contributed by atoms with Gasteiger partial charge >= 0.3 is 11.9 Å². The van der Waals surface area contributed by atoms with Gasteiger partial charge in [-0.2, -0.15) is 0 Å². The van der Waals surface area contributed by atoms with Gasteiger partial charge in [-0.25, -0.2) is 0 Å². The van der Waals surface area contributed by atoms with Crippen LogP contribution < -0.4 is 0 Å². The molecule has 3 nitrogen and oxygen atoms in total. The largest absolute Gasteiger partial charge is 0.393 e. The molecule has 0 spiro atoms. The minimum absolute atomic E-state index is 0.0914. The third-order valence-electron chi connectivity index (χ3n) is 1.56. The monoisotopic (exact) mass is 139 g/mol. The van der Waals surface area contributed by atoms with Crippen LogP contribution in [0.5, 0.6) is 0 Å². The van der Waals surface area contributed by atoms with Crippen LogP contribution in [0.4, 0.5) is 0 Å². The molecule has 0 unspecified atom stereocenters. The van der Waals surface area contributed by atoms with Gasteiger partial charge in [0.25, 0.3) is 0 Å². The molecule has 10 heavy (non-hydrogen) atoms. The molecule has 0 atom stereocenters. The van der Waals surface area contributed by atoms with Gasteiger partial charge in [-0.15, -0.1) is 0 Å². The molecule has 0 N–H and O–H groups in total. The van der Waals surface area contributed by atoms with Gasteiger partial charge in [0.2, 0.25) is 0 Å². The molecule has 1 aliphatic rings. The minimum Gasteiger partial charge on any atom is -0.393 e. The first-order valence-electron chi connectivity index (χ1n) is 3.25. The Bertz CT molecular complexity index is 150. The Morgan fingerprint density at radius 1 is 1.40 bits per heavy atom. The fourth-order valence-corrected chi connectivity index (χ4v) is 0.946. The number of cyclic esters (lactones) is 2. The summed E-state index contributed by atoms with van der Waals surface area (Å²) in [5.41, 5.74) is 0. The maximum absolute atomic E-state index is 10.6. The van der Waals surface area contributed by atoms with Crippen LogP contribution in [-0.4, -0.2) is 19.2 Å². The van der Waals surface area contributed by atoms with Crippen molar-refractivity contribution in [1.82, 2.24) is 0 Å². The van der Waals surface area contributed by atoms with E-state index >= 15 is 0 Å². The molecule has 1 heterocycles. The average molecular weight is 139 g/mol. The Morgan fingerprint density at radius 3 is 2.30 bits per heavy atom. The van der Waals surface area contributed by atoms with Crippen LogP contribution in [0.1, 0.15) is 12.8 Å². The fraction of sp³-hybridized carbons (Fsp3) is 0.667. The van der Waals surface area contributed by atoms with Crippen molar-refractivity contribution in [2.24, 2.45) is 0 Å². The molecule has 1 radical (unpaired) electrons. The van der Waals surface area contributed by atoms with Crippen LogP contribution in [0, 0.1) is 0 Å². The van der Waals surface area contributed by atoms with Crippen LogP contribution in [-0.2, 0) is 14.3 Å². The molecule has 0 aromatic heterocycles. The zero-order valence-corrected chi connectivity index (χ0v) is 5.79. The first-order valence-corrected chi connectivity index (χ1v) is 3.25. The van der Waals surface area contributed by atoms with Gasteiger partial charge < -0.3 is 4.74 Å². The van der Waals surface area contributed by atoms with Gasteiger partial charge in [0, 0.05) is 12.8 Å². The van der Waals surface area contributed by atoms with Crippen molar-refractivity contribution >= 4 is 19.2 Å². The smallest absolute Gasteiger partial charge is 0.313 e. The second-order valence-corrected chi connectivity index (χ2v) is 2.35. The molecule has 0 saturated carbocycles. The summed E-state index contributed by atoms with van der Waals surface area (Å²) < 4.78 is 4.32. The molecule has 1 saturated heterocycles. The van der Waals surface area contributed by atoms with Gasteiger partial charge in [0.1, 0.15) is 7.28 Å². The Balaban J connectivity index is 2.50. The predicted octanol–water partition coefficient (Wildman–Crippen LogP) is 0.391. The van der Waals surface area contributed by atoms with Crippen molar-refractivity contribution in [3.8, 4) is 0 Å². The fourth-order valence-electron chi connectivity index (χ4n) is 0.946. The molecular formula is C6H8BO3. The van der Waals surface area contributed by atoms with Crippen molar-refractivity contribution in [2.45, 2.75) is 25.5 Å². The molecule has 0 amide bonds. The highest BCUT2D eigenvalue weighted by atomic mass is 16.6. The summed E-state index contributed by atoms with van der Waals surface area (Å²) in [5, 5.41) is 0. The van der Waals surface area contributed by atoms with E-state index in [9.17, 15) is 9.59 Å². The van der Waals surface area contributed by atoms with Crippen molar-refractivity contribution in [3.05, 3.63) is 0 Å². The number of esters is 2. The van der Waals surface area contributed by atoms with Crippen LogP contribution in [0.2, 0.25) is 12.6 Å². The van der Waals surface area contributed by atoms with Crippen LogP contribution in [0.25, 0.3) is 0 Å². The Hall–Kier alpha value is -0.795. The second kappa shape index (κ2) is 2.86. The second-order valence-electron chi connectivity index (χ2n) is 2.35. The number of hydrogen-bond donors (Lipinski definition) is 0. The molecule has 1 fully saturated rings. The minimum atomic E-state index is -0.403. The number of carbonyl (C=O) groups is 2. The Kier molecular flexibility index (Phi) is 2.09. The molecular weight excluding hydrogens is 131 g/mol. The van der Waals surface area contributed by atoms with Gasteiger partial charge in [-0.05, 0) is 5.82 Å². The van der Waals surface area contributed by atoms with Gasteiger partial charge in [0.15, 0.2) is 0 Å². The van der Waals surface area contributed by atoms with E-state index in [0.29, 0.717) is 12.8 Å². The van der Waals surface area contributed by atoms with E-state index in [1.807, 2.05) is 14.1 Å². The van der Waals surface area contributed by atoms with Crippen LogP contribution >= 0.6 is 0 Å². The van der Waals surface area contributed by atoms with Crippen molar-refractivity contribution in [2.75, 3.05) is 0 Å². The summed E-state index contributed by atoms with van der Waals surface area (Å²) in [4.78, 5) is 21.2. The van der Waals surface area contributed by atoms with E-state index in [1.165, 1.54) is 0 Å². The zero-order valence-electron chi connectivity index (χ0n) is 5.79. The normalized spacial score (nSPS) is 20.5. The van der Waals surface area contributed by atoms with E-state index < -0.39 is 11.9 Å². The Labute approximate surface area is 60.0 Å². The highest BCUT2D eigenvalue weighted by molar-refractivity contribution is 6.37. The average Bonchev–Trinajstić information content (AvgIpc) is 1.85. The molecule has 1 rings (SSSR count). The summed E-state index contributed by atoms with van der Waals surface area (Å²) in [5.74, 6) is -0.715. The molecule has 0 aromatic rings. The maximum Gasteiger partial charge on any atom is 0.313 e. The van der Waals surface area contributed by atoms with Crippen LogP contribution in [0.3, 0.4) is 0 Å². The lowest BCUT2D eigenvalue weighted by Gasteiger charge is -2.16. The maximum atomic E-state index is 10.6. The number of hydrogen-bond acceptors (Lipinski definition) is 3. The molecule has 4 heteroatoms. The lowest BCUT2D eigenvalue weighted by Crippen LogP contribution is -2.24. The third-order valence-corrected chi connectivity index (χ3v) is 1.56. The summed E-state index contributed by atoms with van der Waals surface area (Å²) in [7, 11) is 1.86. The van der Waals surface area contributed by atoms with E-state index in [1.54, 1.807) is 0 Å². The van der Waals surface area contributed by atoms with E-state index in [2.05, 4.69) is 4.74 Å². The van der Waals surface area contributed by atoms with Crippen molar-refractivity contribution in [1.29, 1.82) is 0 Å². The number of rotatable bonds is 1. The van der Waals surface area contributed by atoms with E-state index in [0.717, 1.165) is 0 Å². The van der Waals surface area contributed by atoms with E-state index in [4.69, 9.17) is 0 Å². The van der Waals surface area contributed by atoms with Crippen molar-refractivity contribution in [3.63, 3.8) is 0 Å². The van der Waals surface area contributed by atoms with Gasteiger partial charge in [-0.1, -0.05) is 6.82 Å². The van der Waals surface area contributed by atoms with E-state index in [-0.39, 0.29) is 5.82 Å². The molecule has 1 aliphatic heterocycles. The van der Waals surface area contributed by atoms with Crippen LogP contribution in [0.15, 0.2) is 0 Å². The SMILES string of the molecule is C[B]C1CC(=O)OC(=O)C1. The summed E-state index contributed by atoms with van der Waals surface area (Å²) >= 11 is 0. The molecule has 0 aromatic carbocycles. The highest BCUT2D eigenvalue weighted by Crippen LogP contribution is 2.20. The van der Waals surface area contributed by atoms with Gasteiger partial charge in [-0.3, -0.25) is 9.59 Å². The molecule has 0 aliphatic carbocycles. The predicted molar refractivity (Wildman–Crippen MR) is 35.7 cm³/mol. The summed E-state index contributed by atoms with van der Waals surface area (Å²) in [6.07, 6.45) is 0.699. The quantitative estimate of drug-likeness (QED) is 0.299. The summed E-state index contributed by atoms with van der Waals surface area (Å²) in [6.45, 7) is 1.84. The first kappa shape index (κ1) is 7.31. The molecule has 0 bridgehead atoms. The summed E-state index contributed by atoms with van der Waals surface area (Å²) in [6, 6.07) is 0. The zero-order chi connectivity index (χ0) is 7.56. The number of ether oxygens (including phenoxy) is 1. The third kappa shape index (κ3) is 1.59. The van der Waals surface area contributed by atoms with Gasteiger partial charge in [0.05, 0.1) is 0 Å². The highest BCUT2D eigenvalue weighted by Gasteiger charge is 2.25. The first-order chi connectivity index (χ1) is 4.72. The topological polar surface area (TPSA) is 43.4 Å². The standard InChI is InChI=1S/C6H8BO3/c1-7-4-2-5(8)10-6(9)3-4/h4H,2-3H2,1H3.